The first-order valence-corrected chi connectivity index (χ1v) is 8.85. The average Bonchev–Trinajstić information content (AvgIpc) is 2.79. The molecule has 0 spiro atoms. The third-order valence-electron chi connectivity index (χ3n) is 3.92. The Labute approximate surface area is 120 Å². The molecule has 2 atom stereocenters. The van der Waals surface area contributed by atoms with E-state index in [1.807, 2.05) is 32.0 Å². The molecule has 1 aromatic rings. The first kappa shape index (κ1) is 15.0. The molecule has 5 heteroatoms. The van der Waals surface area contributed by atoms with Crippen LogP contribution in [0.4, 0.5) is 0 Å². The first-order valence-electron chi connectivity index (χ1n) is 7.02. The van der Waals surface area contributed by atoms with Crippen molar-refractivity contribution >= 4 is 15.7 Å². The topological polar surface area (TPSA) is 54.5 Å². The van der Waals surface area contributed by atoms with E-state index in [1.165, 1.54) is 0 Å². The minimum atomic E-state index is -2.99. The highest BCUT2D eigenvalue weighted by atomic mass is 32.2. The van der Waals surface area contributed by atoms with Crippen molar-refractivity contribution in [2.75, 3.05) is 11.5 Å². The lowest BCUT2D eigenvalue weighted by Crippen LogP contribution is -2.46. The second-order valence-corrected chi connectivity index (χ2v) is 7.62. The highest BCUT2D eigenvalue weighted by molar-refractivity contribution is 7.91. The second-order valence-electron chi connectivity index (χ2n) is 5.39. The number of amides is 1. The average molecular weight is 295 g/mol. The van der Waals surface area contributed by atoms with Gasteiger partial charge in [-0.15, -0.1) is 0 Å². The Morgan fingerprint density at radius 3 is 2.50 bits per heavy atom. The van der Waals surface area contributed by atoms with E-state index in [4.69, 9.17) is 0 Å². The second kappa shape index (κ2) is 5.95. The van der Waals surface area contributed by atoms with Crippen LogP contribution in [0.15, 0.2) is 30.3 Å². The van der Waals surface area contributed by atoms with E-state index >= 15 is 0 Å². The van der Waals surface area contributed by atoms with Crippen LogP contribution in [0, 0.1) is 0 Å². The fourth-order valence-corrected chi connectivity index (χ4v) is 4.36. The molecular weight excluding hydrogens is 274 g/mol. The number of carbonyl (C=O) groups is 1. The van der Waals surface area contributed by atoms with Crippen LogP contribution in [0.3, 0.4) is 0 Å². The van der Waals surface area contributed by atoms with E-state index in [9.17, 15) is 13.2 Å². The van der Waals surface area contributed by atoms with Crippen molar-refractivity contribution < 1.29 is 13.2 Å². The largest absolute Gasteiger partial charge is 0.332 e. The fourth-order valence-electron chi connectivity index (χ4n) is 2.65. The normalized spacial score (nSPS) is 22.4. The van der Waals surface area contributed by atoms with Gasteiger partial charge >= 0.3 is 0 Å². The van der Waals surface area contributed by atoms with Gasteiger partial charge < -0.3 is 4.90 Å². The Kier molecular flexibility index (Phi) is 4.48. The summed E-state index contributed by atoms with van der Waals surface area (Å²) in [5.41, 5.74) is 0.622. The maximum Gasteiger partial charge on any atom is 0.254 e. The molecule has 1 aliphatic heterocycles. The van der Waals surface area contributed by atoms with Crippen molar-refractivity contribution in [3.05, 3.63) is 35.9 Å². The fraction of sp³-hybridized carbons (Fsp3) is 0.533. The van der Waals surface area contributed by atoms with Crippen molar-refractivity contribution in [3.63, 3.8) is 0 Å². The summed E-state index contributed by atoms with van der Waals surface area (Å²) in [4.78, 5) is 14.4. The van der Waals surface area contributed by atoms with Crippen LogP contribution < -0.4 is 0 Å². The van der Waals surface area contributed by atoms with E-state index < -0.39 is 9.84 Å². The summed E-state index contributed by atoms with van der Waals surface area (Å²) in [6, 6.07) is 8.93. The Morgan fingerprint density at radius 1 is 1.35 bits per heavy atom. The van der Waals surface area contributed by atoms with Crippen molar-refractivity contribution in [3.8, 4) is 0 Å². The summed E-state index contributed by atoms with van der Waals surface area (Å²) in [6.45, 7) is 3.99. The summed E-state index contributed by atoms with van der Waals surface area (Å²) in [5.74, 6) is 0.213. The van der Waals surface area contributed by atoms with Gasteiger partial charge in [-0.2, -0.15) is 0 Å². The Bertz CT molecular complexity index is 568. The SMILES string of the molecule is CC[C@@H](C)N(C(=O)c1ccccc1)[C@@H]1CCS(=O)(=O)C1. The maximum atomic E-state index is 12.7. The van der Waals surface area contributed by atoms with Crippen molar-refractivity contribution in [2.45, 2.75) is 38.8 Å². The summed E-state index contributed by atoms with van der Waals surface area (Å²) in [5, 5.41) is 0. The van der Waals surface area contributed by atoms with E-state index in [0.717, 1.165) is 6.42 Å². The number of hydrogen-bond acceptors (Lipinski definition) is 3. The molecule has 0 radical (unpaired) electrons. The number of nitrogens with zero attached hydrogens (tertiary/aromatic N) is 1. The first-order chi connectivity index (χ1) is 9.44. The van der Waals surface area contributed by atoms with Gasteiger partial charge in [0.25, 0.3) is 5.91 Å². The minimum Gasteiger partial charge on any atom is -0.332 e. The number of carbonyl (C=O) groups excluding carboxylic acids is 1. The molecule has 0 N–H and O–H groups in total. The Morgan fingerprint density at radius 2 is 2.00 bits per heavy atom. The third-order valence-corrected chi connectivity index (χ3v) is 5.67. The van der Waals surface area contributed by atoms with E-state index in [2.05, 4.69) is 0 Å². The molecule has 1 saturated heterocycles. The summed E-state index contributed by atoms with van der Waals surface area (Å²) >= 11 is 0. The van der Waals surface area contributed by atoms with Crippen LogP contribution in [0.2, 0.25) is 0 Å². The van der Waals surface area contributed by atoms with E-state index in [0.29, 0.717) is 12.0 Å². The quantitative estimate of drug-likeness (QED) is 0.855. The van der Waals surface area contributed by atoms with Gasteiger partial charge in [-0.3, -0.25) is 4.79 Å². The lowest BCUT2D eigenvalue weighted by molar-refractivity contribution is 0.0610. The third kappa shape index (κ3) is 3.20. The number of rotatable bonds is 4. The van der Waals surface area contributed by atoms with Crippen LogP contribution in [-0.4, -0.2) is 42.8 Å². The van der Waals surface area contributed by atoms with Gasteiger partial charge in [-0.1, -0.05) is 25.1 Å². The molecule has 0 aliphatic carbocycles. The molecule has 4 nitrogen and oxygen atoms in total. The van der Waals surface area contributed by atoms with E-state index in [-0.39, 0.29) is 29.5 Å². The Hall–Kier alpha value is -1.36. The van der Waals surface area contributed by atoms with Gasteiger partial charge in [-0.05, 0) is 31.9 Å². The van der Waals surface area contributed by atoms with Crippen LogP contribution >= 0.6 is 0 Å². The molecule has 0 aromatic heterocycles. The van der Waals surface area contributed by atoms with E-state index in [1.54, 1.807) is 17.0 Å². The smallest absolute Gasteiger partial charge is 0.254 e. The van der Waals surface area contributed by atoms with Gasteiger partial charge in [-0.25, -0.2) is 8.42 Å². The van der Waals surface area contributed by atoms with Gasteiger partial charge in [0, 0.05) is 17.6 Å². The summed E-state index contributed by atoms with van der Waals surface area (Å²) < 4.78 is 23.4. The molecule has 0 unspecified atom stereocenters. The lowest BCUT2D eigenvalue weighted by Gasteiger charge is -2.33. The zero-order valence-electron chi connectivity index (χ0n) is 12.0. The van der Waals surface area contributed by atoms with Crippen LogP contribution in [0.25, 0.3) is 0 Å². The summed E-state index contributed by atoms with van der Waals surface area (Å²) in [6.07, 6.45) is 1.36. The molecule has 0 bridgehead atoms. The zero-order chi connectivity index (χ0) is 14.8. The molecule has 1 aliphatic rings. The van der Waals surface area contributed by atoms with Crippen molar-refractivity contribution in [1.29, 1.82) is 0 Å². The van der Waals surface area contributed by atoms with Gasteiger partial charge in [0.05, 0.1) is 11.5 Å². The number of benzene rings is 1. The van der Waals surface area contributed by atoms with Gasteiger partial charge in [0.15, 0.2) is 9.84 Å². The molecule has 20 heavy (non-hydrogen) atoms. The molecule has 1 fully saturated rings. The molecular formula is C15H21NO3S. The molecule has 110 valence electrons. The standard InChI is InChI=1S/C15H21NO3S/c1-3-12(2)16(14-9-10-20(18,19)11-14)15(17)13-7-5-4-6-8-13/h4-8,12,14H,3,9-11H2,1-2H3/t12-,14-/m1/s1. The highest BCUT2D eigenvalue weighted by Crippen LogP contribution is 2.23. The minimum absolute atomic E-state index is 0.0426. The monoisotopic (exact) mass is 295 g/mol. The Balaban J connectivity index is 2.27. The lowest BCUT2D eigenvalue weighted by atomic mass is 10.1. The number of hydrogen-bond donors (Lipinski definition) is 0. The predicted octanol–water partition coefficient (Wildman–Crippen LogP) is 2.11. The molecule has 0 saturated carbocycles. The van der Waals surface area contributed by atoms with Gasteiger partial charge in [0.1, 0.15) is 0 Å². The molecule has 2 rings (SSSR count). The molecule has 1 aromatic carbocycles. The van der Waals surface area contributed by atoms with Crippen LogP contribution in [-0.2, 0) is 9.84 Å². The number of sulfone groups is 1. The van der Waals surface area contributed by atoms with Crippen molar-refractivity contribution in [2.24, 2.45) is 0 Å². The highest BCUT2D eigenvalue weighted by Gasteiger charge is 2.36. The molecule has 1 heterocycles. The van der Waals surface area contributed by atoms with Crippen LogP contribution in [0.5, 0.6) is 0 Å². The van der Waals surface area contributed by atoms with Crippen LogP contribution in [0.1, 0.15) is 37.0 Å². The molecule has 1 amide bonds. The predicted molar refractivity (Wildman–Crippen MR) is 79.4 cm³/mol. The summed E-state index contributed by atoms with van der Waals surface area (Å²) in [7, 11) is -2.99. The maximum absolute atomic E-state index is 12.7. The zero-order valence-corrected chi connectivity index (χ0v) is 12.8. The van der Waals surface area contributed by atoms with Gasteiger partial charge in [0.2, 0.25) is 0 Å². The van der Waals surface area contributed by atoms with Crippen molar-refractivity contribution in [1.82, 2.24) is 4.90 Å².